The molecule has 6 aromatic rings. The Labute approximate surface area is 426 Å². The first kappa shape index (κ1) is 52.7. The number of amides is 4. The second-order valence-corrected chi connectivity index (χ2v) is 19.1. The summed E-state index contributed by atoms with van der Waals surface area (Å²) in [5, 5.41) is 16.2. The Hall–Kier alpha value is -7.13. The molecule has 0 saturated carbocycles. The zero-order chi connectivity index (χ0) is 51.0. The molecule has 14 heteroatoms. The van der Waals surface area contributed by atoms with Crippen LogP contribution < -0.4 is 20.1 Å². The number of likely N-dealkylation sites (N-methyl/N-ethyl adjacent to an activating group) is 1. The number of carbonyl (C=O) groups excluding carboxylic acids is 4. The molecule has 13 nitrogen and oxygen atoms in total. The van der Waals surface area contributed by atoms with Gasteiger partial charge in [0, 0.05) is 26.6 Å². The Morgan fingerprint density at radius 1 is 0.792 bits per heavy atom. The van der Waals surface area contributed by atoms with E-state index in [0.717, 1.165) is 50.6 Å². The number of ether oxygens (including phenoxy) is 3. The lowest BCUT2D eigenvalue weighted by molar-refractivity contribution is -0.143. The van der Waals surface area contributed by atoms with E-state index in [1.807, 2.05) is 73.1 Å². The molecule has 1 fully saturated rings. The molecular weight excluding hydrogens is 927 g/mol. The summed E-state index contributed by atoms with van der Waals surface area (Å²) in [4.78, 5) is 61.7. The zero-order valence-corrected chi connectivity index (χ0v) is 42.5. The zero-order valence-electron chi connectivity index (χ0n) is 41.7. The molecule has 0 bridgehead atoms. The highest BCUT2D eigenvalue weighted by Crippen LogP contribution is 2.35. The Morgan fingerprint density at radius 3 is 2.03 bits per heavy atom. The lowest BCUT2D eigenvalue weighted by Crippen LogP contribution is -2.55. The van der Waals surface area contributed by atoms with Crippen LogP contribution >= 0.6 is 11.3 Å². The summed E-state index contributed by atoms with van der Waals surface area (Å²) in [5.41, 5.74) is 11.5. The maximum atomic E-state index is 13.8. The average Bonchev–Trinajstić information content (AvgIpc) is 4.02. The van der Waals surface area contributed by atoms with Crippen molar-refractivity contribution in [3.05, 3.63) is 172 Å². The lowest BCUT2D eigenvalue weighted by atomic mass is 9.88. The number of β-amino-alcohol motifs (C(OH)–C–C–N with tert-alkyl or cyclic N) is 1. The second kappa shape index (κ2) is 25.8. The van der Waals surface area contributed by atoms with Crippen molar-refractivity contribution in [1.29, 1.82) is 0 Å². The average molecular weight is 992 g/mol. The highest BCUT2D eigenvalue weighted by molar-refractivity contribution is 7.13. The van der Waals surface area contributed by atoms with Crippen LogP contribution in [-0.4, -0.2) is 108 Å². The third-order valence-electron chi connectivity index (χ3n) is 12.7. The number of rotatable bonds is 23. The molecule has 1 aliphatic heterocycles. The van der Waals surface area contributed by atoms with Crippen molar-refractivity contribution in [2.45, 2.75) is 71.7 Å². The standard InChI is InChI=1S/C58H65N5O8S/c1-6-50(43-13-9-7-10-14-43)54(44-15-11-8-12-16-44)45-23-27-49(28-24-45)70-30-29-62(5)53(66)33-41-19-25-48(26-20-41)71-32-31-69-37-52(65)61-55(39(2)3)58(68)63-36-47(64)34-51(63)57(67)59-35-42-17-21-46(22-18-42)56-40(4)60-38-72-56/h7-28,38-39,47,51,55,64H,6,29-37H2,1-5H3,(H,59,67)(H,61,65)/b54-50-/t47-,51+,55+/m1/s1. The van der Waals surface area contributed by atoms with E-state index in [2.05, 4.69) is 83.2 Å². The van der Waals surface area contributed by atoms with Gasteiger partial charge in [-0.3, -0.25) is 19.2 Å². The summed E-state index contributed by atoms with van der Waals surface area (Å²) in [7, 11) is 1.77. The Kier molecular flexibility index (Phi) is 18.9. The number of nitrogens with one attached hydrogen (secondary N) is 2. The van der Waals surface area contributed by atoms with Crippen LogP contribution in [-0.2, 0) is 36.9 Å². The molecule has 4 amide bonds. The van der Waals surface area contributed by atoms with Crippen LogP contribution in [0.1, 0.15) is 67.1 Å². The topological polar surface area (TPSA) is 160 Å². The molecule has 0 aliphatic carbocycles. The van der Waals surface area contributed by atoms with E-state index in [-0.39, 0.29) is 63.5 Å². The normalized spacial score (nSPS) is 15.1. The largest absolute Gasteiger partial charge is 0.492 e. The SMILES string of the molecule is CC/C(=C(\c1ccccc1)c1ccc(OCCN(C)C(=O)Cc2ccc(OCCOCC(=O)N[C@H](C(=O)N3C[C@H](O)C[C@H]3C(=O)NCc3ccc(-c4scnc4C)cc3)C(C)C)cc2)cc1)c1ccccc1. The van der Waals surface area contributed by atoms with E-state index in [4.69, 9.17) is 14.2 Å². The number of nitrogens with zero attached hydrogens (tertiary/aromatic N) is 3. The molecule has 376 valence electrons. The number of likely N-dealkylation sites (tertiary alicyclic amines) is 1. The monoisotopic (exact) mass is 991 g/mol. The first-order chi connectivity index (χ1) is 34.9. The van der Waals surface area contributed by atoms with Gasteiger partial charge in [-0.1, -0.05) is 130 Å². The molecule has 2 heterocycles. The van der Waals surface area contributed by atoms with Gasteiger partial charge in [-0.05, 0) is 88.1 Å². The Bertz CT molecular complexity index is 2750. The molecule has 1 aromatic heterocycles. The summed E-state index contributed by atoms with van der Waals surface area (Å²) in [5.74, 6) is -0.330. The second-order valence-electron chi connectivity index (χ2n) is 18.2. The van der Waals surface area contributed by atoms with Crippen molar-refractivity contribution >= 4 is 46.1 Å². The molecule has 0 radical (unpaired) electrons. The predicted octanol–water partition coefficient (Wildman–Crippen LogP) is 8.38. The highest BCUT2D eigenvalue weighted by atomic mass is 32.1. The quantitative estimate of drug-likeness (QED) is 0.0424. The molecule has 0 spiro atoms. The van der Waals surface area contributed by atoms with Gasteiger partial charge in [-0.2, -0.15) is 0 Å². The molecule has 1 aliphatic rings. The third kappa shape index (κ3) is 14.3. The highest BCUT2D eigenvalue weighted by Gasteiger charge is 2.42. The van der Waals surface area contributed by atoms with Gasteiger partial charge in [0.15, 0.2) is 0 Å². The molecule has 3 N–H and O–H groups in total. The number of aromatic nitrogens is 1. The first-order valence-corrected chi connectivity index (χ1v) is 25.4. The molecule has 1 saturated heterocycles. The molecule has 5 aromatic carbocycles. The number of thiazole rings is 1. The molecule has 3 atom stereocenters. The molecular formula is C58H65N5O8S. The maximum absolute atomic E-state index is 13.8. The van der Waals surface area contributed by atoms with Gasteiger partial charge >= 0.3 is 0 Å². The van der Waals surface area contributed by atoms with Crippen LogP contribution in [0.2, 0.25) is 0 Å². The van der Waals surface area contributed by atoms with Gasteiger partial charge in [0.1, 0.15) is 43.4 Å². The number of carbonyl (C=O) groups is 4. The number of allylic oxidation sites excluding steroid dienone is 1. The number of hydrogen-bond donors (Lipinski definition) is 3. The van der Waals surface area contributed by atoms with Crippen LogP contribution in [0, 0.1) is 12.8 Å². The minimum atomic E-state index is -0.931. The van der Waals surface area contributed by atoms with Crippen LogP contribution in [0.3, 0.4) is 0 Å². The lowest BCUT2D eigenvalue weighted by Gasteiger charge is -2.30. The third-order valence-corrected chi connectivity index (χ3v) is 13.6. The summed E-state index contributed by atoms with van der Waals surface area (Å²) in [6.45, 7) is 8.75. The van der Waals surface area contributed by atoms with Crippen LogP contribution in [0.4, 0.5) is 0 Å². The van der Waals surface area contributed by atoms with Crippen LogP contribution in [0.5, 0.6) is 11.5 Å². The number of aliphatic hydroxyl groups is 1. The van der Waals surface area contributed by atoms with Gasteiger partial charge in [0.05, 0.1) is 41.8 Å². The minimum absolute atomic E-state index is 0.0151. The fourth-order valence-corrected chi connectivity index (χ4v) is 9.51. The van der Waals surface area contributed by atoms with E-state index in [1.165, 1.54) is 21.6 Å². The van der Waals surface area contributed by atoms with Gasteiger partial charge in [-0.15, -0.1) is 11.3 Å². The van der Waals surface area contributed by atoms with Gasteiger partial charge in [0.2, 0.25) is 23.6 Å². The number of benzene rings is 5. The van der Waals surface area contributed by atoms with Crippen molar-refractivity contribution in [3.8, 4) is 21.9 Å². The van der Waals surface area contributed by atoms with E-state index < -0.39 is 30.0 Å². The fourth-order valence-electron chi connectivity index (χ4n) is 8.70. The van der Waals surface area contributed by atoms with E-state index in [0.29, 0.717) is 18.9 Å². The first-order valence-electron chi connectivity index (χ1n) is 24.5. The van der Waals surface area contributed by atoms with Gasteiger partial charge < -0.3 is 39.8 Å². The minimum Gasteiger partial charge on any atom is -0.492 e. The van der Waals surface area contributed by atoms with Gasteiger partial charge in [0.25, 0.3) is 0 Å². The molecule has 7 rings (SSSR count). The number of aryl methyl sites for hydroxylation is 1. The van der Waals surface area contributed by atoms with Crippen molar-refractivity contribution < 1.29 is 38.5 Å². The Morgan fingerprint density at radius 2 is 1.40 bits per heavy atom. The predicted molar refractivity (Wildman–Crippen MR) is 282 cm³/mol. The van der Waals surface area contributed by atoms with Crippen LogP contribution in [0.25, 0.3) is 21.6 Å². The smallest absolute Gasteiger partial charge is 0.246 e. The van der Waals surface area contributed by atoms with E-state index >= 15 is 0 Å². The number of aliphatic hydroxyl groups excluding tert-OH is 1. The molecule has 72 heavy (non-hydrogen) atoms. The van der Waals surface area contributed by atoms with Gasteiger partial charge in [-0.25, -0.2) is 4.98 Å². The Balaban J connectivity index is 0.800. The summed E-state index contributed by atoms with van der Waals surface area (Å²) in [6.07, 6.45) is 0.324. The molecule has 0 unspecified atom stereocenters. The van der Waals surface area contributed by atoms with Crippen molar-refractivity contribution in [1.82, 2.24) is 25.4 Å². The van der Waals surface area contributed by atoms with E-state index in [1.54, 1.807) is 49.3 Å². The van der Waals surface area contributed by atoms with Crippen molar-refractivity contribution in [3.63, 3.8) is 0 Å². The number of hydrogen-bond acceptors (Lipinski definition) is 10. The fraction of sp³-hybridized carbons (Fsp3) is 0.328. The summed E-state index contributed by atoms with van der Waals surface area (Å²) >= 11 is 1.57. The maximum Gasteiger partial charge on any atom is 0.246 e. The summed E-state index contributed by atoms with van der Waals surface area (Å²) < 4.78 is 17.5. The summed E-state index contributed by atoms with van der Waals surface area (Å²) in [6, 6.07) is 42.4. The van der Waals surface area contributed by atoms with Crippen molar-refractivity contribution in [2.75, 3.05) is 46.6 Å². The van der Waals surface area contributed by atoms with Crippen molar-refractivity contribution in [2.24, 2.45) is 5.92 Å². The van der Waals surface area contributed by atoms with E-state index in [9.17, 15) is 24.3 Å². The van der Waals surface area contributed by atoms with Crippen LogP contribution in [0.15, 0.2) is 139 Å².